The van der Waals surface area contributed by atoms with Gasteiger partial charge < -0.3 is 9.84 Å². The quantitative estimate of drug-likeness (QED) is 0.506. The van der Waals surface area contributed by atoms with Gasteiger partial charge in [0.1, 0.15) is 12.4 Å². The Balaban J connectivity index is 1.33. The Morgan fingerprint density at radius 3 is 2.66 bits per heavy atom. The minimum Gasteiger partial charge on any atom is -0.492 e. The van der Waals surface area contributed by atoms with Crippen LogP contribution >= 0.6 is 0 Å². The van der Waals surface area contributed by atoms with Crippen molar-refractivity contribution in [3.8, 4) is 11.7 Å². The summed E-state index contributed by atoms with van der Waals surface area (Å²) in [4.78, 5) is 11.1. The molecule has 1 atom stereocenters. The summed E-state index contributed by atoms with van der Waals surface area (Å²) in [5.74, 6) is 1.57. The van der Waals surface area contributed by atoms with Crippen LogP contribution < -0.4 is 4.74 Å². The zero-order chi connectivity index (χ0) is 21.8. The minimum absolute atomic E-state index is 0.549. The number of ether oxygens (including phenoxy) is 1. The van der Waals surface area contributed by atoms with Crippen molar-refractivity contribution in [3.05, 3.63) is 108 Å². The van der Waals surface area contributed by atoms with E-state index >= 15 is 0 Å². The Kier molecular flexibility index (Phi) is 5.96. The molecule has 6 heteroatoms. The van der Waals surface area contributed by atoms with Crippen LogP contribution in [0.1, 0.15) is 28.5 Å². The van der Waals surface area contributed by atoms with Gasteiger partial charge in [0.05, 0.1) is 6.10 Å². The number of hydrogen-bond donors (Lipinski definition) is 1. The molecule has 0 unspecified atom stereocenters. The largest absolute Gasteiger partial charge is 0.492 e. The van der Waals surface area contributed by atoms with Gasteiger partial charge in [-0.2, -0.15) is 0 Å². The second kappa shape index (κ2) is 9.34. The van der Waals surface area contributed by atoms with Gasteiger partial charge in [0.15, 0.2) is 0 Å². The lowest BCUT2D eigenvalue weighted by Gasteiger charge is -2.20. The van der Waals surface area contributed by atoms with Crippen LogP contribution in [-0.2, 0) is 19.5 Å². The fourth-order valence-electron chi connectivity index (χ4n) is 4.15. The first kappa shape index (κ1) is 20.4. The smallest absolute Gasteiger partial charge is 0.233 e. The summed E-state index contributed by atoms with van der Waals surface area (Å²) in [5.41, 5.74) is 4.26. The lowest BCUT2D eigenvalue weighted by Crippen LogP contribution is -2.26. The van der Waals surface area contributed by atoms with E-state index in [1.807, 2.05) is 65.4 Å². The molecule has 2 aromatic carbocycles. The van der Waals surface area contributed by atoms with Gasteiger partial charge in [0.2, 0.25) is 5.95 Å². The predicted molar refractivity (Wildman–Crippen MR) is 123 cm³/mol. The van der Waals surface area contributed by atoms with E-state index in [0.717, 1.165) is 47.8 Å². The molecule has 0 radical (unpaired) electrons. The number of rotatable bonds is 6. The van der Waals surface area contributed by atoms with Gasteiger partial charge in [0.25, 0.3) is 0 Å². The maximum atomic E-state index is 10.8. The van der Waals surface area contributed by atoms with Crippen LogP contribution in [0.4, 0.5) is 0 Å². The third kappa shape index (κ3) is 4.56. The number of aliphatic hydroxyl groups excluding tert-OH is 1. The SMILES string of the molecule is O[C@@H](Cc1ccccc1)c1ccc2c(c1)CN(Cc1cccn1-c1ncccn1)CCO2. The van der Waals surface area contributed by atoms with Gasteiger partial charge in [0, 0.05) is 55.9 Å². The van der Waals surface area contributed by atoms with E-state index in [9.17, 15) is 5.11 Å². The third-order valence-corrected chi connectivity index (χ3v) is 5.79. The van der Waals surface area contributed by atoms with Crippen LogP contribution in [0.3, 0.4) is 0 Å². The summed E-state index contributed by atoms with van der Waals surface area (Å²) in [6.07, 6.45) is 5.54. The fraction of sp³-hybridized carbons (Fsp3) is 0.231. The molecule has 1 aliphatic rings. The van der Waals surface area contributed by atoms with E-state index in [4.69, 9.17) is 4.74 Å². The van der Waals surface area contributed by atoms with Gasteiger partial charge in [-0.05, 0) is 41.5 Å². The number of hydrogen-bond acceptors (Lipinski definition) is 5. The molecular weight excluding hydrogens is 400 g/mol. The van der Waals surface area contributed by atoms with E-state index < -0.39 is 6.10 Å². The zero-order valence-electron chi connectivity index (χ0n) is 17.8. The summed E-state index contributed by atoms with van der Waals surface area (Å²) < 4.78 is 8.03. The van der Waals surface area contributed by atoms with Crippen molar-refractivity contribution in [1.82, 2.24) is 19.4 Å². The monoisotopic (exact) mass is 426 g/mol. The third-order valence-electron chi connectivity index (χ3n) is 5.79. The molecule has 0 amide bonds. The number of aliphatic hydroxyl groups is 1. The Labute approximate surface area is 187 Å². The van der Waals surface area contributed by atoms with Gasteiger partial charge in [-0.15, -0.1) is 0 Å². The van der Waals surface area contributed by atoms with Crippen LogP contribution in [0.5, 0.6) is 5.75 Å². The van der Waals surface area contributed by atoms with Crippen LogP contribution in [0.15, 0.2) is 85.3 Å². The van der Waals surface area contributed by atoms with Crippen molar-refractivity contribution in [2.45, 2.75) is 25.6 Å². The summed E-state index contributed by atoms with van der Waals surface area (Å²) in [7, 11) is 0. The first-order chi connectivity index (χ1) is 15.8. The minimum atomic E-state index is -0.549. The molecule has 0 aliphatic carbocycles. The maximum Gasteiger partial charge on any atom is 0.233 e. The van der Waals surface area contributed by atoms with Crippen LogP contribution in [0.2, 0.25) is 0 Å². The Hall–Kier alpha value is -3.48. The summed E-state index contributed by atoms with van der Waals surface area (Å²) in [6, 6.07) is 22.1. The van der Waals surface area contributed by atoms with Crippen molar-refractivity contribution in [2.75, 3.05) is 13.2 Å². The van der Waals surface area contributed by atoms with E-state index in [0.29, 0.717) is 19.0 Å². The Morgan fingerprint density at radius 1 is 0.969 bits per heavy atom. The molecule has 4 aromatic rings. The number of benzene rings is 2. The maximum absolute atomic E-state index is 10.8. The van der Waals surface area contributed by atoms with Crippen LogP contribution in [-0.4, -0.2) is 37.7 Å². The standard InChI is InChI=1S/C26H26N4O2/c31-24(16-20-6-2-1-3-7-20)21-9-10-25-22(17-21)18-29(14-15-32-25)19-23-8-4-13-30(23)26-27-11-5-12-28-26/h1-13,17,24,31H,14-16,18-19H2/t24-/m0/s1. The molecule has 0 bridgehead atoms. The second-order valence-electron chi connectivity index (χ2n) is 8.05. The zero-order valence-corrected chi connectivity index (χ0v) is 17.8. The molecule has 6 nitrogen and oxygen atoms in total. The van der Waals surface area contributed by atoms with Gasteiger partial charge in [-0.1, -0.05) is 36.4 Å². The van der Waals surface area contributed by atoms with Crippen molar-refractivity contribution in [1.29, 1.82) is 0 Å². The number of nitrogens with zero attached hydrogens (tertiary/aromatic N) is 4. The van der Waals surface area contributed by atoms with E-state index in [2.05, 4.69) is 27.0 Å². The average Bonchev–Trinajstić information content (AvgIpc) is 3.19. The highest BCUT2D eigenvalue weighted by atomic mass is 16.5. The molecule has 0 saturated carbocycles. The average molecular weight is 427 g/mol. The molecule has 1 aliphatic heterocycles. The lowest BCUT2D eigenvalue weighted by atomic mass is 9.99. The van der Waals surface area contributed by atoms with Gasteiger partial charge in [-0.25, -0.2) is 9.97 Å². The van der Waals surface area contributed by atoms with E-state index in [1.165, 1.54) is 0 Å². The molecule has 0 saturated heterocycles. The van der Waals surface area contributed by atoms with E-state index in [-0.39, 0.29) is 0 Å². The number of fused-ring (bicyclic) bond motifs is 1. The molecule has 0 spiro atoms. The summed E-state index contributed by atoms with van der Waals surface area (Å²) in [5, 5.41) is 10.8. The van der Waals surface area contributed by atoms with Gasteiger partial charge >= 0.3 is 0 Å². The molecule has 3 heterocycles. The lowest BCUT2D eigenvalue weighted by molar-refractivity contribution is 0.178. The highest BCUT2D eigenvalue weighted by molar-refractivity contribution is 5.39. The fourth-order valence-corrected chi connectivity index (χ4v) is 4.15. The van der Waals surface area contributed by atoms with Crippen LogP contribution in [0, 0.1) is 0 Å². The van der Waals surface area contributed by atoms with E-state index in [1.54, 1.807) is 12.4 Å². The van der Waals surface area contributed by atoms with Crippen molar-refractivity contribution < 1.29 is 9.84 Å². The second-order valence-corrected chi connectivity index (χ2v) is 8.05. The first-order valence-electron chi connectivity index (χ1n) is 10.9. The Morgan fingerprint density at radius 2 is 1.81 bits per heavy atom. The van der Waals surface area contributed by atoms with Crippen molar-refractivity contribution >= 4 is 0 Å². The molecule has 2 aromatic heterocycles. The molecule has 5 rings (SSSR count). The Bertz CT molecular complexity index is 1160. The summed E-state index contributed by atoms with van der Waals surface area (Å²) in [6.45, 7) is 2.95. The van der Waals surface area contributed by atoms with Crippen molar-refractivity contribution in [2.24, 2.45) is 0 Å². The molecule has 162 valence electrons. The molecule has 32 heavy (non-hydrogen) atoms. The normalized spacial score (nSPS) is 14.9. The first-order valence-corrected chi connectivity index (χ1v) is 10.9. The molecular formula is C26H26N4O2. The molecule has 0 fully saturated rings. The highest BCUT2D eigenvalue weighted by Crippen LogP contribution is 2.29. The summed E-state index contributed by atoms with van der Waals surface area (Å²) >= 11 is 0. The topological polar surface area (TPSA) is 63.4 Å². The number of aromatic nitrogens is 3. The molecule has 1 N–H and O–H groups in total. The predicted octanol–water partition coefficient (Wildman–Crippen LogP) is 3.94. The van der Waals surface area contributed by atoms with Crippen molar-refractivity contribution in [3.63, 3.8) is 0 Å². The highest BCUT2D eigenvalue weighted by Gasteiger charge is 2.19. The van der Waals surface area contributed by atoms with Crippen LogP contribution in [0.25, 0.3) is 5.95 Å². The van der Waals surface area contributed by atoms with Gasteiger partial charge in [-0.3, -0.25) is 9.47 Å².